The maximum Gasteiger partial charge on any atom is 0.122 e. The molecule has 0 spiro atoms. The Kier molecular flexibility index (Phi) is 5.06. The highest BCUT2D eigenvalue weighted by molar-refractivity contribution is 5.35. The van der Waals surface area contributed by atoms with Crippen LogP contribution in [-0.4, -0.2) is 29.9 Å². The average molecular weight is 277 g/mol. The molecule has 1 fully saturated rings. The molecule has 0 heterocycles. The van der Waals surface area contributed by atoms with Gasteiger partial charge in [-0.25, -0.2) is 0 Å². The van der Waals surface area contributed by atoms with Gasteiger partial charge in [-0.2, -0.15) is 0 Å². The molecular weight excluding hydrogens is 250 g/mol. The second kappa shape index (κ2) is 6.59. The third-order valence-electron chi connectivity index (χ3n) is 3.94. The van der Waals surface area contributed by atoms with Gasteiger partial charge < -0.3 is 15.2 Å². The predicted molar refractivity (Wildman–Crippen MR) is 82.3 cm³/mol. The number of benzene rings is 1. The summed E-state index contributed by atoms with van der Waals surface area (Å²) in [5.74, 6) is 0.969. The third kappa shape index (κ3) is 4.50. The van der Waals surface area contributed by atoms with E-state index in [0.717, 1.165) is 18.6 Å². The van der Waals surface area contributed by atoms with Gasteiger partial charge in [0.1, 0.15) is 5.75 Å². The van der Waals surface area contributed by atoms with Crippen molar-refractivity contribution in [1.82, 2.24) is 5.32 Å². The van der Waals surface area contributed by atoms with Crippen molar-refractivity contribution in [1.29, 1.82) is 0 Å². The summed E-state index contributed by atoms with van der Waals surface area (Å²) < 4.78 is 5.84. The van der Waals surface area contributed by atoms with E-state index in [0.29, 0.717) is 12.6 Å². The molecule has 1 aliphatic carbocycles. The Morgan fingerprint density at radius 3 is 2.70 bits per heavy atom. The zero-order valence-electron chi connectivity index (χ0n) is 12.9. The van der Waals surface area contributed by atoms with E-state index in [4.69, 9.17) is 4.74 Å². The normalized spacial score (nSPS) is 17.8. The second-order valence-electron chi connectivity index (χ2n) is 6.36. The van der Waals surface area contributed by atoms with Gasteiger partial charge >= 0.3 is 0 Å². The summed E-state index contributed by atoms with van der Waals surface area (Å²) in [5, 5.41) is 13.1. The molecule has 0 aromatic heterocycles. The summed E-state index contributed by atoms with van der Waals surface area (Å²) >= 11 is 0. The van der Waals surface area contributed by atoms with Crippen molar-refractivity contribution in [2.75, 3.05) is 13.2 Å². The van der Waals surface area contributed by atoms with E-state index in [-0.39, 0.29) is 12.1 Å². The van der Waals surface area contributed by atoms with Gasteiger partial charge in [0.25, 0.3) is 0 Å². The van der Waals surface area contributed by atoms with Crippen LogP contribution < -0.4 is 10.1 Å². The van der Waals surface area contributed by atoms with E-state index in [9.17, 15) is 5.11 Å². The van der Waals surface area contributed by atoms with Crippen LogP contribution in [0.25, 0.3) is 0 Å². The minimum Gasteiger partial charge on any atom is -0.493 e. The van der Waals surface area contributed by atoms with Gasteiger partial charge in [-0.1, -0.05) is 17.7 Å². The number of ether oxygens (including phenoxy) is 1. The molecule has 3 heteroatoms. The molecule has 2 rings (SSSR count). The minimum absolute atomic E-state index is 0.160. The first kappa shape index (κ1) is 15.3. The Labute approximate surface area is 122 Å². The van der Waals surface area contributed by atoms with Gasteiger partial charge in [-0.05, 0) is 58.1 Å². The van der Waals surface area contributed by atoms with Gasteiger partial charge in [-0.15, -0.1) is 0 Å². The summed E-state index contributed by atoms with van der Waals surface area (Å²) in [6.45, 7) is 7.16. The Balaban J connectivity index is 1.74. The van der Waals surface area contributed by atoms with E-state index >= 15 is 0 Å². The maximum absolute atomic E-state index is 9.55. The molecule has 1 saturated carbocycles. The van der Waals surface area contributed by atoms with E-state index in [1.54, 1.807) is 0 Å². The first-order valence-corrected chi connectivity index (χ1v) is 7.61. The second-order valence-corrected chi connectivity index (χ2v) is 6.36. The largest absolute Gasteiger partial charge is 0.493 e. The molecule has 1 aromatic carbocycles. The molecule has 1 aliphatic rings. The Hall–Kier alpha value is -1.06. The Bertz CT molecular complexity index is 443. The van der Waals surface area contributed by atoms with Crippen molar-refractivity contribution in [3.8, 4) is 5.75 Å². The van der Waals surface area contributed by atoms with Crippen molar-refractivity contribution in [2.24, 2.45) is 0 Å². The number of aliphatic hydroxyl groups excluding tert-OH is 1. The molecule has 1 atom stereocenters. The van der Waals surface area contributed by atoms with E-state index < -0.39 is 0 Å². The fraction of sp³-hybridized carbons (Fsp3) is 0.647. The van der Waals surface area contributed by atoms with Crippen molar-refractivity contribution < 1.29 is 9.84 Å². The van der Waals surface area contributed by atoms with Crippen molar-refractivity contribution in [3.05, 3.63) is 29.3 Å². The number of nitrogens with one attached hydrogen (secondary N) is 1. The molecular formula is C17H27NO2. The Morgan fingerprint density at radius 2 is 2.10 bits per heavy atom. The lowest BCUT2D eigenvalue weighted by atomic mass is 9.97. The molecule has 0 saturated heterocycles. The third-order valence-corrected chi connectivity index (χ3v) is 3.94. The van der Waals surface area contributed by atoms with Crippen molar-refractivity contribution in [3.63, 3.8) is 0 Å². The van der Waals surface area contributed by atoms with Crippen LogP contribution in [0.4, 0.5) is 0 Å². The van der Waals surface area contributed by atoms with Crippen LogP contribution >= 0.6 is 0 Å². The zero-order chi connectivity index (χ0) is 14.6. The molecule has 20 heavy (non-hydrogen) atoms. The summed E-state index contributed by atoms with van der Waals surface area (Å²) in [7, 11) is 0. The van der Waals surface area contributed by atoms with Crippen LogP contribution in [0.5, 0.6) is 5.75 Å². The quantitative estimate of drug-likeness (QED) is 0.718. The number of aryl methyl sites for hydroxylation is 2. The smallest absolute Gasteiger partial charge is 0.122 e. The summed E-state index contributed by atoms with van der Waals surface area (Å²) in [4.78, 5) is 0. The van der Waals surface area contributed by atoms with Crippen LogP contribution in [0.3, 0.4) is 0 Å². The maximum atomic E-state index is 9.55. The monoisotopic (exact) mass is 277 g/mol. The molecule has 0 aliphatic heterocycles. The molecule has 1 aromatic rings. The standard InChI is InChI=1S/C17H27NO2/c1-13-5-8-16(14(2)11-13)20-10-4-9-17(3,12-19)18-15-6-7-15/h5,8,11,15,18-19H,4,6-7,9-10,12H2,1-3H3. The van der Waals surface area contributed by atoms with E-state index in [1.165, 1.54) is 24.0 Å². The first-order valence-electron chi connectivity index (χ1n) is 7.61. The topological polar surface area (TPSA) is 41.5 Å². The summed E-state index contributed by atoms with van der Waals surface area (Å²) in [6.07, 6.45) is 4.37. The first-order chi connectivity index (χ1) is 9.52. The highest BCUT2D eigenvalue weighted by atomic mass is 16.5. The van der Waals surface area contributed by atoms with Gasteiger partial charge in [0.2, 0.25) is 0 Å². The SMILES string of the molecule is Cc1ccc(OCCCC(C)(CO)NC2CC2)c(C)c1. The van der Waals surface area contributed by atoms with Gasteiger partial charge in [-0.3, -0.25) is 0 Å². The molecule has 2 N–H and O–H groups in total. The molecule has 0 amide bonds. The lowest BCUT2D eigenvalue weighted by molar-refractivity contribution is 0.154. The number of hydrogen-bond acceptors (Lipinski definition) is 3. The van der Waals surface area contributed by atoms with Gasteiger partial charge in [0.15, 0.2) is 0 Å². The number of hydrogen-bond donors (Lipinski definition) is 2. The highest BCUT2D eigenvalue weighted by Gasteiger charge is 2.31. The van der Waals surface area contributed by atoms with E-state index in [1.807, 2.05) is 6.07 Å². The molecule has 1 unspecified atom stereocenters. The fourth-order valence-corrected chi connectivity index (χ4v) is 2.52. The van der Waals surface area contributed by atoms with Crippen LogP contribution in [0, 0.1) is 13.8 Å². The summed E-state index contributed by atoms with van der Waals surface area (Å²) in [5.41, 5.74) is 2.29. The Morgan fingerprint density at radius 1 is 1.35 bits per heavy atom. The van der Waals surface area contributed by atoms with E-state index in [2.05, 4.69) is 38.2 Å². The van der Waals surface area contributed by atoms with Gasteiger partial charge in [0.05, 0.1) is 13.2 Å². The zero-order valence-corrected chi connectivity index (χ0v) is 12.9. The lowest BCUT2D eigenvalue weighted by Gasteiger charge is -2.29. The molecule has 0 bridgehead atoms. The van der Waals surface area contributed by atoms with Crippen LogP contribution in [0.2, 0.25) is 0 Å². The minimum atomic E-state index is -0.160. The molecule has 3 nitrogen and oxygen atoms in total. The van der Waals surface area contributed by atoms with Crippen LogP contribution in [0.1, 0.15) is 43.7 Å². The predicted octanol–water partition coefficient (Wildman–Crippen LogP) is 2.97. The van der Waals surface area contributed by atoms with Crippen LogP contribution in [0.15, 0.2) is 18.2 Å². The fourth-order valence-electron chi connectivity index (χ4n) is 2.52. The lowest BCUT2D eigenvalue weighted by Crippen LogP contribution is -2.47. The van der Waals surface area contributed by atoms with Crippen molar-refractivity contribution >= 4 is 0 Å². The van der Waals surface area contributed by atoms with Crippen molar-refractivity contribution in [2.45, 2.75) is 58.0 Å². The summed E-state index contributed by atoms with van der Waals surface area (Å²) in [6, 6.07) is 6.88. The average Bonchev–Trinajstić information content (AvgIpc) is 3.20. The molecule has 0 radical (unpaired) electrons. The highest BCUT2D eigenvalue weighted by Crippen LogP contribution is 2.25. The van der Waals surface area contributed by atoms with Crippen LogP contribution in [-0.2, 0) is 0 Å². The number of rotatable bonds is 8. The number of aliphatic hydroxyl groups is 1. The van der Waals surface area contributed by atoms with Gasteiger partial charge in [0, 0.05) is 11.6 Å². The molecule has 112 valence electrons.